The summed E-state index contributed by atoms with van der Waals surface area (Å²) in [6, 6.07) is 0.335. The standard InChI is InChI=1S/C14H23NO2/c1-9(2)7-13(14(16)17-3)15-12-8-10-5-4-6-11(10)12/h4,6,9-13,15H,5,7-8H2,1-3H3. The number of allylic oxidation sites excluding steroid dienone is 1. The van der Waals surface area contributed by atoms with Gasteiger partial charge in [-0.3, -0.25) is 4.79 Å². The lowest BCUT2D eigenvalue weighted by atomic mass is 9.71. The van der Waals surface area contributed by atoms with Crippen molar-refractivity contribution in [2.45, 2.75) is 45.2 Å². The van der Waals surface area contributed by atoms with Gasteiger partial charge in [0, 0.05) is 6.04 Å². The topological polar surface area (TPSA) is 38.3 Å². The molecular formula is C14H23NO2. The molecule has 0 saturated heterocycles. The molecule has 0 amide bonds. The van der Waals surface area contributed by atoms with Crippen LogP contribution in [0, 0.1) is 17.8 Å². The zero-order valence-corrected chi connectivity index (χ0v) is 11.0. The Morgan fingerprint density at radius 3 is 2.88 bits per heavy atom. The highest BCUT2D eigenvalue weighted by Gasteiger charge is 2.42. The van der Waals surface area contributed by atoms with E-state index in [0.717, 1.165) is 12.3 Å². The van der Waals surface area contributed by atoms with Crippen LogP contribution in [0.2, 0.25) is 0 Å². The van der Waals surface area contributed by atoms with Gasteiger partial charge in [0.05, 0.1) is 7.11 Å². The van der Waals surface area contributed by atoms with Gasteiger partial charge in [-0.2, -0.15) is 0 Å². The molecule has 4 atom stereocenters. The van der Waals surface area contributed by atoms with E-state index >= 15 is 0 Å². The van der Waals surface area contributed by atoms with Crippen molar-refractivity contribution in [1.82, 2.24) is 5.32 Å². The predicted molar refractivity (Wildman–Crippen MR) is 67.5 cm³/mol. The Kier molecular flexibility index (Phi) is 3.87. The number of rotatable bonds is 5. The first-order chi connectivity index (χ1) is 8.11. The minimum atomic E-state index is -0.139. The van der Waals surface area contributed by atoms with Crippen molar-refractivity contribution < 1.29 is 9.53 Å². The van der Waals surface area contributed by atoms with Gasteiger partial charge in [0.25, 0.3) is 0 Å². The van der Waals surface area contributed by atoms with E-state index < -0.39 is 0 Å². The number of carbonyl (C=O) groups is 1. The smallest absolute Gasteiger partial charge is 0.322 e. The molecule has 2 aliphatic rings. The Morgan fingerprint density at radius 2 is 2.29 bits per heavy atom. The molecule has 17 heavy (non-hydrogen) atoms. The number of fused-ring (bicyclic) bond motifs is 1. The van der Waals surface area contributed by atoms with Crippen LogP contribution in [0.5, 0.6) is 0 Å². The molecular weight excluding hydrogens is 214 g/mol. The second-order valence-electron chi connectivity index (χ2n) is 5.72. The molecule has 0 aliphatic heterocycles. The number of hydrogen-bond donors (Lipinski definition) is 1. The summed E-state index contributed by atoms with van der Waals surface area (Å²) in [5, 5.41) is 3.48. The first-order valence-corrected chi connectivity index (χ1v) is 6.62. The lowest BCUT2D eigenvalue weighted by Gasteiger charge is -2.42. The van der Waals surface area contributed by atoms with Gasteiger partial charge < -0.3 is 10.1 Å². The third kappa shape index (κ3) is 2.71. The highest BCUT2D eigenvalue weighted by atomic mass is 16.5. The fourth-order valence-corrected chi connectivity index (χ4v) is 3.01. The van der Waals surface area contributed by atoms with Crippen molar-refractivity contribution in [3.05, 3.63) is 12.2 Å². The van der Waals surface area contributed by atoms with Crippen molar-refractivity contribution in [1.29, 1.82) is 0 Å². The van der Waals surface area contributed by atoms with Crippen LogP contribution in [0.15, 0.2) is 12.2 Å². The fourth-order valence-electron chi connectivity index (χ4n) is 3.01. The Morgan fingerprint density at radius 1 is 1.53 bits per heavy atom. The van der Waals surface area contributed by atoms with Crippen molar-refractivity contribution in [3.63, 3.8) is 0 Å². The summed E-state index contributed by atoms with van der Waals surface area (Å²) >= 11 is 0. The van der Waals surface area contributed by atoms with Crippen LogP contribution in [0.25, 0.3) is 0 Å². The molecule has 0 spiro atoms. The Bertz CT molecular complexity index is 311. The minimum absolute atomic E-state index is 0.121. The quantitative estimate of drug-likeness (QED) is 0.588. The molecule has 0 aromatic rings. The maximum atomic E-state index is 11.7. The second-order valence-corrected chi connectivity index (χ2v) is 5.72. The maximum Gasteiger partial charge on any atom is 0.322 e. The molecule has 0 bridgehead atoms. The number of carbonyl (C=O) groups excluding carboxylic acids is 1. The van der Waals surface area contributed by atoms with E-state index in [0.29, 0.717) is 17.9 Å². The maximum absolute atomic E-state index is 11.7. The number of nitrogens with one attached hydrogen (secondary N) is 1. The van der Waals surface area contributed by atoms with Crippen molar-refractivity contribution in [3.8, 4) is 0 Å². The molecule has 96 valence electrons. The largest absolute Gasteiger partial charge is 0.468 e. The SMILES string of the molecule is COC(=O)C(CC(C)C)NC1CC2CC=CC21. The molecule has 0 aromatic heterocycles. The number of methoxy groups -OCH3 is 1. The van der Waals surface area contributed by atoms with Gasteiger partial charge in [-0.15, -0.1) is 0 Å². The third-order valence-electron chi connectivity index (χ3n) is 3.97. The van der Waals surface area contributed by atoms with Gasteiger partial charge >= 0.3 is 5.97 Å². The first-order valence-electron chi connectivity index (χ1n) is 6.62. The summed E-state index contributed by atoms with van der Waals surface area (Å²) in [5.41, 5.74) is 0. The lowest BCUT2D eigenvalue weighted by molar-refractivity contribution is -0.144. The van der Waals surface area contributed by atoms with Gasteiger partial charge in [-0.1, -0.05) is 26.0 Å². The van der Waals surface area contributed by atoms with E-state index in [1.54, 1.807) is 0 Å². The molecule has 4 unspecified atom stereocenters. The molecule has 1 N–H and O–H groups in total. The summed E-state index contributed by atoms with van der Waals surface area (Å²) in [6.07, 6.45) is 7.84. The number of hydrogen-bond acceptors (Lipinski definition) is 3. The highest BCUT2D eigenvalue weighted by Crippen LogP contribution is 2.42. The average Bonchev–Trinajstić information content (AvgIpc) is 2.64. The fraction of sp³-hybridized carbons (Fsp3) is 0.786. The van der Waals surface area contributed by atoms with Gasteiger partial charge in [-0.25, -0.2) is 0 Å². The van der Waals surface area contributed by atoms with Gasteiger partial charge in [-0.05, 0) is 37.0 Å². The summed E-state index contributed by atoms with van der Waals surface area (Å²) in [6.45, 7) is 4.27. The Labute approximate surface area is 104 Å². The van der Waals surface area contributed by atoms with Gasteiger partial charge in [0.2, 0.25) is 0 Å². The van der Waals surface area contributed by atoms with E-state index in [-0.39, 0.29) is 12.0 Å². The van der Waals surface area contributed by atoms with Crippen molar-refractivity contribution in [2.24, 2.45) is 17.8 Å². The van der Waals surface area contributed by atoms with Crippen LogP contribution in [0.4, 0.5) is 0 Å². The monoisotopic (exact) mass is 237 g/mol. The van der Waals surface area contributed by atoms with Crippen molar-refractivity contribution in [2.75, 3.05) is 7.11 Å². The Hall–Kier alpha value is -0.830. The van der Waals surface area contributed by atoms with Gasteiger partial charge in [0.15, 0.2) is 0 Å². The number of esters is 1. The summed E-state index contributed by atoms with van der Waals surface area (Å²) < 4.78 is 4.87. The molecule has 0 radical (unpaired) electrons. The van der Waals surface area contributed by atoms with Gasteiger partial charge in [0.1, 0.15) is 6.04 Å². The van der Waals surface area contributed by atoms with Crippen molar-refractivity contribution >= 4 is 5.97 Å². The van der Waals surface area contributed by atoms with E-state index in [1.807, 2.05) is 0 Å². The molecule has 1 saturated carbocycles. The molecule has 2 aliphatic carbocycles. The zero-order chi connectivity index (χ0) is 12.4. The summed E-state index contributed by atoms with van der Waals surface area (Å²) in [7, 11) is 1.47. The summed E-state index contributed by atoms with van der Waals surface area (Å²) in [5.74, 6) is 1.85. The van der Waals surface area contributed by atoms with Crippen LogP contribution in [-0.2, 0) is 9.53 Å². The van der Waals surface area contributed by atoms with E-state index in [9.17, 15) is 4.79 Å². The van der Waals surface area contributed by atoms with Crippen LogP contribution < -0.4 is 5.32 Å². The van der Waals surface area contributed by atoms with Crippen LogP contribution in [-0.4, -0.2) is 25.2 Å². The Balaban J connectivity index is 1.88. The predicted octanol–water partition coefficient (Wildman–Crippen LogP) is 2.13. The zero-order valence-electron chi connectivity index (χ0n) is 11.0. The van der Waals surface area contributed by atoms with Crippen LogP contribution >= 0.6 is 0 Å². The average molecular weight is 237 g/mol. The minimum Gasteiger partial charge on any atom is -0.468 e. The van der Waals surface area contributed by atoms with E-state index in [2.05, 4.69) is 31.3 Å². The van der Waals surface area contributed by atoms with Crippen LogP contribution in [0.3, 0.4) is 0 Å². The number of ether oxygens (including phenoxy) is 1. The normalized spacial score (nSPS) is 32.1. The first kappa shape index (κ1) is 12.6. The lowest BCUT2D eigenvalue weighted by Crippen LogP contribution is -2.54. The molecule has 0 heterocycles. The summed E-state index contributed by atoms with van der Waals surface area (Å²) in [4.78, 5) is 11.7. The molecule has 3 heteroatoms. The highest BCUT2D eigenvalue weighted by molar-refractivity contribution is 5.75. The molecule has 1 fully saturated rings. The third-order valence-corrected chi connectivity index (χ3v) is 3.97. The van der Waals surface area contributed by atoms with E-state index in [1.165, 1.54) is 20.0 Å². The second kappa shape index (κ2) is 5.21. The molecule has 2 rings (SSSR count). The molecule has 0 aromatic carbocycles. The molecule has 3 nitrogen and oxygen atoms in total. The van der Waals surface area contributed by atoms with E-state index in [4.69, 9.17) is 4.74 Å². The van der Waals surface area contributed by atoms with Crippen LogP contribution in [0.1, 0.15) is 33.1 Å².